The van der Waals surface area contributed by atoms with Gasteiger partial charge in [0.2, 0.25) is 0 Å². The van der Waals surface area contributed by atoms with Crippen molar-refractivity contribution in [3.05, 3.63) is 34.9 Å². The van der Waals surface area contributed by atoms with Gasteiger partial charge in [0.15, 0.2) is 6.04 Å². The van der Waals surface area contributed by atoms with E-state index in [1.807, 2.05) is 0 Å². The number of rotatable bonds is 2. The number of aldehydes is 1. The van der Waals surface area contributed by atoms with E-state index >= 15 is 0 Å². The first-order valence-corrected chi connectivity index (χ1v) is 5.35. The van der Waals surface area contributed by atoms with Crippen LogP contribution in [0.3, 0.4) is 0 Å². The van der Waals surface area contributed by atoms with E-state index in [0.29, 0.717) is 29.4 Å². The third kappa shape index (κ3) is 1.92. The number of aliphatic carboxylic acids is 1. The van der Waals surface area contributed by atoms with Crippen molar-refractivity contribution in [3.8, 4) is 0 Å². The highest BCUT2D eigenvalue weighted by Crippen LogP contribution is 2.30. The number of nitrogens with zero attached hydrogens (tertiary/aromatic N) is 1. The molecule has 6 nitrogen and oxygen atoms in total. The molecule has 1 aliphatic rings. The average molecular weight is 249 g/mol. The van der Waals surface area contributed by atoms with Crippen LogP contribution in [0.4, 0.5) is 4.79 Å². The molecule has 1 aromatic carbocycles. The lowest BCUT2D eigenvalue weighted by Crippen LogP contribution is -2.42. The molecule has 0 bridgehead atoms. The summed E-state index contributed by atoms with van der Waals surface area (Å²) in [6.07, 6.45) is -0.167. The molecule has 0 fully saturated rings. The Balaban J connectivity index is 2.50. The summed E-state index contributed by atoms with van der Waals surface area (Å²) < 4.78 is 0. The minimum Gasteiger partial charge on any atom is -0.479 e. The van der Waals surface area contributed by atoms with Crippen molar-refractivity contribution in [1.82, 2.24) is 4.90 Å². The number of carboxylic acids is 1. The first-order valence-electron chi connectivity index (χ1n) is 5.35. The Bertz CT molecular complexity index is 525. The summed E-state index contributed by atoms with van der Waals surface area (Å²) in [5.74, 6) is -1.21. The molecule has 6 heteroatoms. The molecule has 2 rings (SSSR count). The molecule has 18 heavy (non-hydrogen) atoms. The standard InChI is InChI=1S/C12H11NO5/c14-6-7-1-2-9-8(5-7)3-4-13(12(17)18)10(9)11(15)16/h1-2,5-6,10H,3-4H2,(H,15,16)(H,17,18). The number of fused-ring (bicyclic) bond motifs is 1. The molecular weight excluding hydrogens is 238 g/mol. The van der Waals surface area contributed by atoms with Crippen LogP contribution < -0.4 is 0 Å². The zero-order valence-electron chi connectivity index (χ0n) is 9.37. The van der Waals surface area contributed by atoms with Crippen LogP contribution in [0.5, 0.6) is 0 Å². The number of carbonyl (C=O) groups is 3. The second kappa shape index (κ2) is 4.48. The van der Waals surface area contributed by atoms with Gasteiger partial charge in [-0.1, -0.05) is 12.1 Å². The number of carboxylic acid groups (broad SMARTS) is 2. The molecule has 2 N–H and O–H groups in total. The summed E-state index contributed by atoms with van der Waals surface area (Å²) in [7, 11) is 0. The lowest BCUT2D eigenvalue weighted by Gasteiger charge is -2.32. The van der Waals surface area contributed by atoms with Crippen LogP contribution in [0.1, 0.15) is 27.5 Å². The minimum absolute atomic E-state index is 0.113. The maximum Gasteiger partial charge on any atom is 0.408 e. The summed E-state index contributed by atoms with van der Waals surface area (Å²) in [5.41, 5.74) is 1.60. The van der Waals surface area contributed by atoms with E-state index in [4.69, 9.17) is 10.2 Å². The van der Waals surface area contributed by atoms with E-state index in [0.717, 1.165) is 4.90 Å². The zero-order chi connectivity index (χ0) is 13.3. The van der Waals surface area contributed by atoms with E-state index in [1.54, 1.807) is 6.07 Å². The van der Waals surface area contributed by atoms with Gasteiger partial charge in [-0.05, 0) is 23.6 Å². The fourth-order valence-corrected chi connectivity index (χ4v) is 2.19. The lowest BCUT2D eigenvalue weighted by molar-refractivity contribution is -0.143. The van der Waals surface area contributed by atoms with E-state index in [2.05, 4.69) is 0 Å². The van der Waals surface area contributed by atoms with Crippen LogP contribution in [0.15, 0.2) is 18.2 Å². The van der Waals surface area contributed by atoms with E-state index in [9.17, 15) is 14.4 Å². The number of hydrogen-bond acceptors (Lipinski definition) is 3. The normalized spacial score (nSPS) is 18.0. The smallest absolute Gasteiger partial charge is 0.408 e. The fraction of sp³-hybridized carbons (Fsp3) is 0.250. The van der Waals surface area contributed by atoms with Gasteiger partial charge < -0.3 is 10.2 Å². The van der Waals surface area contributed by atoms with Crippen molar-refractivity contribution in [2.24, 2.45) is 0 Å². The first kappa shape index (κ1) is 12.1. The summed E-state index contributed by atoms with van der Waals surface area (Å²) in [6.45, 7) is 0.113. The zero-order valence-corrected chi connectivity index (χ0v) is 9.37. The SMILES string of the molecule is O=Cc1ccc2c(c1)CCN(C(=O)O)C2C(=O)O. The van der Waals surface area contributed by atoms with E-state index < -0.39 is 18.1 Å². The van der Waals surface area contributed by atoms with Gasteiger partial charge in [0, 0.05) is 12.1 Å². The molecule has 0 saturated carbocycles. The molecule has 0 aromatic heterocycles. The molecule has 1 aromatic rings. The number of amides is 1. The van der Waals surface area contributed by atoms with Crippen molar-refractivity contribution < 1.29 is 24.6 Å². The van der Waals surface area contributed by atoms with Gasteiger partial charge in [-0.3, -0.25) is 9.69 Å². The largest absolute Gasteiger partial charge is 0.479 e. The van der Waals surface area contributed by atoms with Gasteiger partial charge in [0.05, 0.1) is 0 Å². The van der Waals surface area contributed by atoms with Crippen LogP contribution in [0.25, 0.3) is 0 Å². The van der Waals surface area contributed by atoms with Crippen molar-refractivity contribution >= 4 is 18.3 Å². The maximum atomic E-state index is 11.2. The Morgan fingerprint density at radius 2 is 2.06 bits per heavy atom. The van der Waals surface area contributed by atoms with E-state index in [-0.39, 0.29) is 6.54 Å². The number of carbonyl (C=O) groups excluding carboxylic acids is 1. The summed E-state index contributed by atoms with van der Waals surface area (Å²) >= 11 is 0. The topological polar surface area (TPSA) is 94.9 Å². The Morgan fingerprint density at radius 3 is 2.61 bits per heavy atom. The van der Waals surface area contributed by atoms with Gasteiger partial charge in [0.25, 0.3) is 0 Å². The van der Waals surface area contributed by atoms with Crippen LogP contribution in [0, 0.1) is 0 Å². The predicted octanol–water partition coefficient (Wildman–Crippen LogP) is 1.16. The molecular formula is C12H11NO5. The van der Waals surface area contributed by atoms with Gasteiger partial charge in [-0.2, -0.15) is 0 Å². The van der Waals surface area contributed by atoms with Crippen molar-refractivity contribution in [2.45, 2.75) is 12.5 Å². The average Bonchev–Trinajstić information content (AvgIpc) is 2.36. The van der Waals surface area contributed by atoms with Gasteiger partial charge in [-0.15, -0.1) is 0 Å². The van der Waals surface area contributed by atoms with E-state index in [1.165, 1.54) is 12.1 Å². The second-order valence-corrected chi connectivity index (χ2v) is 4.04. The van der Waals surface area contributed by atoms with Gasteiger partial charge in [-0.25, -0.2) is 9.59 Å². The molecule has 1 amide bonds. The minimum atomic E-state index is -1.26. The molecule has 0 saturated heterocycles. The van der Waals surface area contributed by atoms with Crippen molar-refractivity contribution in [1.29, 1.82) is 0 Å². The molecule has 94 valence electrons. The quantitative estimate of drug-likeness (QED) is 0.767. The summed E-state index contributed by atoms with van der Waals surface area (Å²) in [5, 5.41) is 18.1. The molecule has 1 atom stereocenters. The summed E-state index contributed by atoms with van der Waals surface area (Å²) in [4.78, 5) is 33.8. The Labute approximate surface area is 102 Å². The molecule has 0 spiro atoms. The highest BCUT2D eigenvalue weighted by molar-refractivity contribution is 5.83. The second-order valence-electron chi connectivity index (χ2n) is 4.04. The van der Waals surface area contributed by atoms with Crippen LogP contribution in [0.2, 0.25) is 0 Å². The highest BCUT2D eigenvalue weighted by Gasteiger charge is 2.35. The third-order valence-electron chi connectivity index (χ3n) is 3.01. The van der Waals surface area contributed by atoms with Gasteiger partial charge in [0.1, 0.15) is 6.29 Å². The monoisotopic (exact) mass is 249 g/mol. The Kier molecular flexibility index (Phi) is 3.01. The van der Waals surface area contributed by atoms with Crippen LogP contribution in [-0.2, 0) is 11.2 Å². The Hall–Kier alpha value is -2.37. The van der Waals surface area contributed by atoms with Crippen molar-refractivity contribution in [3.63, 3.8) is 0 Å². The fourth-order valence-electron chi connectivity index (χ4n) is 2.19. The highest BCUT2D eigenvalue weighted by atomic mass is 16.4. The summed E-state index contributed by atoms with van der Waals surface area (Å²) in [6, 6.07) is 3.41. The first-order chi connectivity index (χ1) is 8.54. The molecule has 1 heterocycles. The molecule has 0 radical (unpaired) electrons. The molecule has 0 aliphatic carbocycles. The van der Waals surface area contributed by atoms with Crippen LogP contribution >= 0.6 is 0 Å². The van der Waals surface area contributed by atoms with Gasteiger partial charge >= 0.3 is 12.1 Å². The van der Waals surface area contributed by atoms with Crippen molar-refractivity contribution in [2.75, 3.05) is 6.54 Å². The molecule has 1 unspecified atom stereocenters. The number of benzene rings is 1. The molecule has 1 aliphatic heterocycles. The maximum absolute atomic E-state index is 11.2. The lowest BCUT2D eigenvalue weighted by atomic mass is 9.91. The Morgan fingerprint density at radius 1 is 1.33 bits per heavy atom. The predicted molar refractivity (Wildman–Crippen MR) is 60.6 cm³/mol. The number of hydrogen-bond donors (Lipinski definition) is 2. The third-order valence-corrected chi connectivity index (χ3v) is 3.01. The van der Waals surface area contributed by atoms with Crippen LogP contribution in [-0.4, -0.2) is 40.0 Å².